The van der Waals surface area contributed by atoms with Crippen LogP contribution in [0, 0.1) is 0 Å². The van der Waals surface area contributed by atoms with Crippen LogP contribution in [0.25, 0.3) is 22.5 Å². The lowest BCUT2D eigenvalue weighted by atomic mass is 10.1. The van der Waals surface area contributed by atoms with Gasteiger partial charge in [0.15, 0.2) is 17.5 Å². The van der Waals surface area contributed by atoms with Gasteiger partial charge in [0.05, 0.1) is 0 Å². The maximum absolute atomic E-state index is 4.81. The van der Waals surface area contributed by atoms with Crippen molar-refractivity contribution in [1.82, 2.24) is 24.8 Å². The molecule has 5 heteroatoms. The van der Waals surface area contributed by atoms with Crippen molar-refractivity contribution >= 4 is 11.1 Å². The van der Waals surface area contributed by atoms with Gasteiger partial charge >= 0.3 is 0 Å². The molecule has 3 heterocycles. The van der Waals surface area contributed by atoms with E-state index in [0.717, 1.165) is 42.5 Å². The van der Waals surface area contributed by atoms with Gasteiger partial charge < -0.3 is 4.90 Å². The highest BCUT2D eigenvalue weighted by atomic mass is 15.1. The van der Waals surface area contributed by atoms with Gasteiger partial charge in [0.25, 0.3) is 0 Å². The van der Waals surface area contributed by atoms with Gasteiger partial charge in [-0.3, -0.25) is 4.98 Å². The molecule has 0 aliphatic carbocycles. The van der Waals surface area contributed by atoms with Crippen LogP contribution in [-0.2, 0) is 0 Å². The van der Waals surface area contributed by atoms with E-state index in [2.05, 4.69) is 60.3 Å². The average molecular weight is 374 g/mol. The second-order valence-corrected chi connectivity index (χ2v) is 6.73. The van der Waals surface area contributed by atoms with Crippen LogP contribution in [0.1, 0.15) is 44.8 Å². The van der Waals surface area contributed by atoms with Crippen LogP contribution < -0.4 is 0 Å². The Labute approximate surface area is 167 Å². The Hall–Kier alpha value is -3.08. The fourth-order valence-corrected chi connectivity index (χ4v) is 2.85. The lowest BCUT2D eigenvalue weighted by Crippen LogP contribution is -2.15. The molecule has 2 aromatic heterocycles. The highest BCUT2D eigenvalue weighted by molar-refractivity contribution is 5.75. The zero-order valence-corrected chi connectivity index (χ0v) is 16.8. The second-order valence-electron chi connectivity index (χ2n) is 6.73. The second kappa shape index (κ2) is 9.74. The maximum atomic E-state index is 4.81. The molecule has 1 aliphatic rings. The Bertz CT molecular complexity index is 910. The highest BCUT2D eigenvalue weighted by Crippen LogP contribution is 2.23. The van der Waals surface area contributed by atoms with Crippen molar-refractivity contribution in [2.24, 2.45) is 0 Å². The van der Waals surface area contributed by atoms with Gasteiger partial charge in [0, 0.05) is 48.9 Å². The van der Waals surface area contributed by atoms with E-state index in [1.165, 1.54) is 0 Å². The molecule has 0 saturated carbocycles. The number of hydrogen-bond donors (Lipinski definition) is 0. The summed E-state index contributed by atoms with van der Waals surface area (Å²) in [7, 11) is 2.05. The molecule has 0 amide bonds. The van der Waals surface area contributed by atoms with Crippen LogP contribution >= 0.6 is 0 Å². The summed E-state index contributed by atoms with van der Waals surface area (Å²) in [4.78, 5) is 20.7. The van der Waals surface area contributed by atoms with E-state index in [1.807, 2.05) is 19.2 Å². The summed E-state index contributed by atoms with van der Waals surface area (Å²) in [6.45, 7) is 5.18. The number of likely N-dealkylation sites (N-methyl/N-ethyl adjacent to an activating group) is 1. The third-order valence-corrected chi connectivity index (χ3v) is 4.31. The number of unbranched alkanes of at least 4 members (excludes halogenated alkanes) is 1. The van der Waals surface area contributed by atoms with Crippen molar-refractivity contribution in [1.29, 1.82) is 0 Å². The van der Waals surface area contributed by atoms with Gasteiger partial charge in [-0.2, -0.15) is 0 Å². The number of allylic oxidation sites excluding steroid dienone is 6. The molecule has 0 N–H and O–H groups in total. The van der Waals surface area contributed by atoms with E-state index in [4.69, 9.17) is 15.0 Å². The number of pyridine rings is 1. The van der Waals surface area contributed by atoms with Gasteiger partial charge in [0.2, 0.25) is 0 Å². The van der Waals surface area contributed by atoms with E-state index >= 15 is 0 Å². The predicted octanol–water partition coefficient (Wildman–Crippen LogP) is 4.93. The van der Waals surface area contributed by atoms with Crippen molar-refractivity contribution < 1.29 is 0 Å². The summed E-state index contributed by atoms with van der Waals surface area (Å²) in [5.74, 6) is 2.02. The molecule has 0 unspecified atom stereocenters. The molecular formula is C23H27N5. The normalized spacial score (nSPS) is 14.6. The van der Waals surface area contributed by atoms with Crippen LogP contribution in [0.5, 0.6) is 0 Å². The first-order chi connectivity index (χ1) is 13.7. The first-order valence-corrected chi connectivity index (χ1v) is 9.83. The minimum Gasteiger partial charge on any atom is -0.376 e. The molecule has 3 rings (SSSR count). The minimum absolute atomic E-state index is 0.642. The summed E-state index contributed by atoms with van der Waals surface area (Å²) in [6.07, 6.45) is 19.3. The summed E-state index contributed by atoms with van der Waals surface area (Å²) in [5.41, 5.74) is 2.90. The SMILES string of the molecule is CC/C=C\C(=C/CCC)c1nc(C2=CN(C)CC=C2)nc(-c2cccnc2)n1. The topological polar surface area (TPSA) is 54.8 Å². The van der Waals surface area contributed by atoms with E-state index in [-0.39, 0.29) is 0 Å². The fourth-order valence-electron chi connectivity index (χ4n) is 2.85. The molecule has 1 aliphatic heterocycles. The zero-order valence-electron chi connectivity index (χ0n) is 16.8. The Kier molecular flexibility index (Phi) is 6.84. The van der Waals surface area contributed by atoms with Gasteiger partial charge in [-0.15, -0.1) is 0 Å². The number of nitrogens with zero attached hydrogens (tertiary/aromatic N) is 5. The van der Waals surface area contributed by atoms with Crippen LogP contribution in [0.3, 0.4) is 0 Å². The summed E-state index contributed by atoms with van der Waals surface area (Å²) in [5, 5.41) is 0. The Balaban J connectivity index is 2.14. The number of hydrogen-bond acceptors (Lipinski definition) is 5. The minimum atomic E-state index is 0.642. The Morgan fingerprint density at radius 3 is 2.75 bits per heavy atom. The quantitative estimate of drug-likeness (QED) is 0.644. The molecule has 0 spiro atoms. The van der Waals surface area contributed by atoms with Gasteiger partial charge in [-0.25, -0.2) is 15.0 Å². The Morgan fingerprint density at radius 1 is 1.18 bits per heavy atom. The molecule has 5 nitrogen and oxygen atoms in total. The molecule has 0 bridgehead atoms. The van der Waals surface area contributed by atoms with Crippen molar-refractivity contribution in [2.45, 2.75) is 33.1 Å². The molecule has 28 heavy (non-hydrogen) atoms. The number of rotatable bonds is 7. The lowest BCUT2D eigenvalue weighted by Gasteiger charge is -2.17. The first kappa shape index (κ1) is 19.7. The Morgan fingerprint density at radius 2 is 2.04 bits per heavy atom. The third-order valence-electron chi connectivity index (χ3n) is 4.31. The van der Waals surface area contributed by atoms with Gasteiger partial charge in [-0.1, -0.05) is 50.6 Å². The largest absolute Gasteiger partial charge is 0.376 e. The van der Waals surface area contributed by atoms with E-state index in [0.29, 0.717) is 17.5 Å². The van der Waals surface area contributed by atoms with Gasteiger partial charge in [0.1, 0.15) is 0 Å². The lowest BCUT2D eigenvalue weighted by molar-refractivity contribution is 0.507. The monoisotopic (exact) mass is 373 g/mol. The van der Waals surface area contributed by atoms with Crippen LogP contribution in [0.4, 0.5) is 0 Å². The first-order valence-electron chi connectivity index (χ1n) is 9.83. The summed E-state index contributed by atoms with van der Waals surface area (Å²) < 4.78 is 0. The zero-order chi connectivity index (χ0) is 19.8. The van der Waals surface area contributed by atoms with Crippen molar-refractivity contribution in [3.05, 3.63) is 72.8 Å². The van der Waals surface area contributed by atoms with Crippen LogP contribution in [-0.4, -0.2) is 38.4 Å². The van der Waals surface area contributed by atoms with E-state index < -0.39 is 0 Å². The molecule has 0 atom stereocenters. The maximum Gasteiger partial charge on any atom is 0.165 e. The van der Waals surface area contributed by atoms with Crippen molar-refractivity contribution in [3.63, 3.8) is 0 Å². The summed E-state index contributed by atoms with van der Waals surface area (Å²) >= 11 is 0. The van der Waals surface area contributed by atoms with Crippen molar-refractivity contribution in [3.8, 4) is 11.4 Å². The predicted molar refractivity (Wildman–Crippen MR) is 115 cm³/mol. The molecule has 0 saturated heterocycles. The smallest absolute Gasteiger partial charge is 0.165 e. The molecule has 144 valence electrons. The summed E-state index contributed by atoms with van der Waals surface area (Å²) in [6, 6.07) is 3.88. The molecular weight excluding hydrogens is 346 g/mol. The highest BCUT2D eigenvalue weighted by Gasteiger charge is 2.14. The van der Waals surface area contributed by atoms with E-state index in [1.54, 1.807) is 12.4 Å². The van der Waals surface area contributed by atoms with Crippen LogP contribution in [0.15, 0.2) is 61.1 Å². The van der Waals surface area contributed by atoms with Crippen molar-refractivity contribution in [2.75, 3.05) is 13.6 Å². The van der Waals surface area contributed by atoms with Gasteiger partial charge in [-0.05, 0) is 25.0 Å². The third kappa shape index (κ3) is 5.00. The standard InChI is InChI=1S/C23H27N5/c1-4-6-10-18(11-7-5-2)21-25-22(19-12-8-14-24-16-19)27-23(26-21)20-13-9-15-28(3)17-20/h6,8-14,16-17H,4-5,7,15H2,1-3H3/b10-6-,18-11+. The van der Waals surface area contributed by atoms with Crippen LogP contribution in [0.2, 0.25) is 0 Å². The molecule has 0 radical (unpaired) electrons. The average Bonchev–Trinajstić information content (AvgIpc) is 2.74. The fraction of sp³-hybridized carbons (Fsp3) is 0.304. The van der Waals surface area contributed by atoms with E-state index in [9.17, 15) is 0 Å². The molecule has 0 aromatic carbocycles. The molecule has 2 aromatic rings. The molecule has 0 fully saturated rings. The number of aromatic nitrogens is 4.